The SMILES string of the molecule is COC(=O)c1ccc(Br)cc1F.COC(=O)c1ccc(Br)cc1NC[C@H](C)N.C[C@H](N)CNc1cc(Br)ccc1C(=O)O.C[C@H]1CNc2cc(-c3cc(-c4ccc(S(=O)(=O)NC5CC5)cc4)cnc3N)ccc2C(=O)N1.C[C@H]1CNc2cc(B3OC(C)(C)C(C)(C)O3)ccc2C(=O)N1. The number of rotatable bonds is 15. The van der Waals surface area contributed by atoms with Crippen LogP contribution in [-0.2, 0) is 28.8 Å². The molecule has 4 heterocycles. The van der Waals surface area contributed by atoms with E-state index in [1.54, 1.807) is 72.9 Å². The van der Waals surface area contributed by atoms with Crippen LogP contribution < -0.4 is 59.3 Å². The number of hydrogen-bond acceptors (Lipinski definition) is 19. The number of halogens is 4. The number of pyridine rings is 1. The Hall–Kier alpha value is -8.00. The van der Waals surface area contributed by atoms with E-state index in [4.69, 9.17) is 36.4 Å². The summed E-state index contributed by atoms with van der Waals surface area (Å²) in [5.41, 5.74) is 25.6. The third kappa shape index (κ3) is 21.3. The van der Waals surface area contributed by atoms with E-state index in [-0.39, 0.29) is 75.2 Å². The van der Waals surface area contributed by atoms with Gasteiger partial charge in [-0.25, -0.2) is 36.9 Å². The topological polar surface area (TPSA) is 352 Å². The van der Waals surface area contributed by atoms with Gasteiger partial charge in [-0.15, -0.1) is 0 Å². The Labute approximate surface area is 596 Å². The molecule has 1 aromatic heterocycles. The number of methoxy groups -OCH3 is 2. The quantitative estimate of drug-likeness (QED) is 0.0335. The fourth-order valence-electron chi connectivity index (χ4n) is 9.61. The minimum atomic E-state index is -3.50. The first kappa shape index (κ1) is 77.4. The Balaban J connectivity index is 0.000000182. The highest BCUT2D eigenvalue weighted by molar-refractivity contribution is 9.11. The van der Waals surface area contributed by atoms with Gasteiger partial charge in [-0.2, -0.15) is 0 Å². The molecule has 0 radical (unpaired) electrons. The average Bonchev–Trinajstić information content (AvgIpc) is 1.60. The normalized spacial score (nSPS) is 16.9. The number of nitrogens with two attached hydrogens (primary N) is 3. The van der Waals surface area contributed by atoms with Gasteiger partial charge in [0.15, 0.2) is 0 Å². The minimum Gasteiger partial charge on any atom is -0.478 e. The maximum Gasteiger partial charge on any atom is 0.494 e. The third-order valence-corrected chi connectivity index (χ3v) is 18.8. The van der Waals surface area contributed by atoms with Gasteiger partial charge in [-0.1, -0.05) is 72.1 Å². The molecule has 7 aromatic rings. The lowest BCUT2D eigenvalue weighted by Crippen LogP contribution is -2.41. The maximum absolute atomic E-state index is 13.0. The first-order valence-corrected chi connectivity index (χ1v) is 35.1. The van der Waals surface area contributed by atoms with Gasteiger partial charge in [0.05, 0.1) is 58.1 Å². The zero-order chi connectivity index (χ0) is 72.0. The molecule has 2 amide bonds. The molecule has 14 N–H and O–H groups in total. The molecule has 1 saturated heterocycles. The largest absolute Gasteiger partial charge is 0.494 e. The summed E-state index contributed by atoms with van der Waals surface area (Å²) in [6.07, 6.45) is 3.44. The predicted octanol–water partition coefficient (Wildman–Crippen LogP) is 10.8. The molecule has 2 fully saturated rings. The highest BCUT2D eigenvalue weighted by atomic mass is 79.9. The van der Waals surface area contributed by atoms with E-state index in [0.29, 0.717) is 58.8 Å². The molecule has 4 atom stereocenters. The van der Waals surface area contributed by atoms with Crippen molar-refractivity contribution in [3.05, 3.63) is 175 Å². The first-order chi connectivity index (χ1) is 46.2. The lowest BCUT2D eigenvalue weighted by atomic mass is 9.78. The van der Waals surface area contributed by atoms with E-state index in [9.17, 15) is 36.8 Å². The number of hydrogen-bond donors (Lipinski definition) is 11. The van der Waals surface area contributed by atoms with Crippen LogP contribution in [-0.4, -0.2) is 137 Å². The second-order valence-corrected chi connectivity index (χ2v) is 29.2. The molecule has 23 nitrogen and oxygen atoms in total. The number of carbonyl (C=O) groups excluding carboxylic acids is 4. The van der Waals surface area contributed by atoms with Crippen molar-refractivity contribution in [3.63, 3.8) is 0 Å². The third-order valence-electron chi connectivity index (χ3n) is 15.8. The van der Waals surface area contributed by atoms with Crippen molar-refractivity contribution in [3.8, 4) is 22.3 Å². The highest BCUT2D eigenvalue weighted by Crippen LogP contribution is 2.38. The number of anilines is 5. The number of esters is 2. The molecule has 1 aliphatic carbocycles. The summed E-state index contributed by atoms with van der Waals surface area (Å²) in [4.78, 5) is 62.4. The van der Waals surface area contributed by atoms with Crippen LogP contribution in [0.4, 0.5) is 33.0 Å². The van der Waals surface area contributed by atoms with Crippen LogP contribution in [0.2, 0.25) is 0 Å². The van der Waals surface area contributed by atoms with Gasteiger partial charge in [0, 0.05) is 110 Å². The van der Waals surface area contributed by atoms with Crippen LogP contribution in [0.25, 0.3) is 22.3 Å². The van der Waals surface area contributed by atoms with Gasteiger partial charge in [0.1, 0.15) is 11.6 Å². The number of aromatic carboxylic acids is 1. The standard InChI is InChI=1S/C24H25N5O3S.C16H23BN2O3.C11H15BrN2O2.C10H13BrN2O2.C8H6BrFO2/c1-14-12-26-22-11-16(4-9-20(22)24(30)28-14)21-10-17(13-27-23(21)25)15-2-7-19(8-3-15)33(31,32)29-18-5-6-18;1-10-9-18-13-8-11(6-7-12(13)14(20)19-10)17-21-15(2,3)16(4,5)22-17;1-7(13)6-14-10-5-8(12)3-4-9(10)11(15)16-2;1-6(12)5-13-9-4-7(11)2-3-8(9)10(14)15;1-12-8(11)6-3-2-5(9)4-7(6)10/h2-4,7-11,13-14,18,26,29H,5-6,12H2,1H3,(H2,25,27)(H,28,30);6-8,10,18H,9H2,1-5H3,(H,19,20);3-5,7,14H,6,13H2,1-2H3;2-4,6,13H,5,12H2,1H3,(H,14,15);2-4H,1H3/t14-;10-;7-;6-;/m0000./s1. The molecule has 4 aliphatic rings. The van der Waals surface area contributed by atoms with Gasteiger partial charge in [-0.05, 0) is 182 Å². The summed E-state index contributed by atoms with van der Waals surface area (Å²) in [7, 11) is -1.34. The fourth-order valence-corrected chi connectivity index (χ4v) is 12.0. The van der Waals surface area contributed by atoms with Gasteiger partial charge in [0.2, 0.25) is 10.0 Å². The Morgan fingerprint density at radius 3 is 1.63 bits per heavy atom. The summed E-state index contributed by atoms with van der Waals surface area (Å²) < 4.78 is 64.0. The van der Waals surface area contributed by atoms with Crippen LogP contribution in [0.15, 0.2) is 146 Å². The number of amides is 2. The summed E-state index contributed by atoms with van der Waals surface area (Å²) in [6.45, 7) is 18.3. The van der Waals surface area contributed by atoms with E-state index in [1.165, 1.54) is 26.4 Å². The number of nitrogen functional groups attached to an aromatic ring is 1. The molecule has 11 rings (SSSR count). The monoisotopic (exact) mass is 1560 g/mol. The number of carboxylic acid groups (broad SMARTS) is 1. The van der Waals surface area contributed by atoms with E-state index in [0.717, 1.165) is 66.6 Å². The van der Waals surface area contributed by atoms with Crippen LogP contribution in [0.5, 0.6) is 0 Å². The Morgan fingerprint density at radius 2 is 1.13 bits per heavy atom. The summed E-state index contributed by atoms with van der Waals surface area (Å²) in [5, 5.41) is 27.6. The van der Waals surface area contributed by atoms with Gasteiger partial charge in [0.25, 0.3) is 11.8 Å². The molecular formula is C69H82BBr3FN11O12S. The predicted molar refractivity (Wildman–Crippen MR) is 392 cm³/mol. The average molecular weight is 1560 g/mol. The molecule has 29 heteroatoms. The van der Waals surface area contributed by atoms with E-state index in [2.05, 4.69) is 94.1 Å². The molecule has 3 aliphatic heterocycles. The number of benzene rings is 6. The van der Waals surface area contributed by atoms with Gasteiger partial charge < -0.3 is 73.0 Å². The van der Waals surface area contributed by atoms with Crippen LogP contribution in [0, 0.1) is 5.82 Å². The number of nitrogens with zero attached hydrogens (tertiary/aromatic N) is 1. The van der Waals surface area contributed by atoms with Crippen molar-refractivity contribution < 1.29 is 60.7 Å². The minimum absolute atomic E-state index is 0.0180. The molecule has 0 bridgehead atoms. The van der Waals surface area contributed by atoms with Crippen LogP contribution in [0.3, 0.4) is 0 Å². The van der Waals surface area contributed by atoms with Crippen molar-refractivity contribution >= 4 is 129 Å². The van der Waals surface area contributed by atoms with Gasteiger partial charge in [-0.3, -0.25) is 9.59 Å². The summed E-state index contributed by atoms with van der Waals surface area (Å²) in [6, 6.07) is 34.5. The lowest BCUT2D eigenvalue weighted by molar-refractivity contribution is 0.00578. The number of aromatic nitrogens is 1. The van der Waals surface area contributed by atoms with Crippen molar-refractivity contribution in [2.24, 2.45) is 11.5 Å². The number of fused-ring (bicyclic) bond motifs is 2. The van der Waals surface area contributed by atoms with E-state index >= 15 is 0 Å². The molecule has 6 aromatic carbocycles. The van der Waals surface area contributed by atoms with Crippen molar-refractivity contribution in [2.75, 3.05) is 67.4 Å². The second-order valence-electron chi connectivity index (χ2n) is 24.7. The fraction of sp³-hybridized carbons (Fsp3) is 0.333. The van der Waals surface area contributed by atoms with Crippen molar-refractivity contribution in [1.82, 2.24) is 20.3 Å². The molecule has 0 spiro atoms. The maximum atomic E-state index is 13.0. The van der Waals surface area contributed by atoms with E-state index in [1.807, 2.05) is 97.9 Å². The Kier molecular flexibility index (Phi) is 27.0. The Bertz CT molecular complexity index is 4140. The van der Waals surface area contributed by atoms with E-state index < -0.39 is 34.9 Å². The molecule has 522 valence electrons. The smallest absolute Gasteiger partial charge is 0.478 e. The molecular weight excluding hydrogens is 1480 g/mol. The zero-order valence-electron chi connectivity index (χ0n) is 55.9. The summed E-state index contributed by atoms with van der Waals surface area (Å²) >= 11 is 9.71. The molecule has 0 unspecified atom stereocenters. The number of carbonyl (C=O) groups is 5. The molecule has 1 saturated carbocycles. The second kappa shape index (κ2) is 34.2. The summed E-state index contributed by atoms with van der Waals surface area (Å²) in [5.74, 6) is -2.35. The highest BCUT2D eigenvalue weighted by Gasteiger charge is 2.52. The zero-order valence-corrected chi connectivity index (χ0v) is 61.4. The molecule has 98 heavy (non-hydrogen) atoms. The number of ether oxygens (including phenoxy) is 2. The van der Waals surface area contributed by atoms with Crippen LogP contribution in [0.1, 0.15) is 120 Å². The number of nitrogens with one attached hydrogen (secondary N) is 7. The van der Waals surface area contributed by atoms with Crippen molar-refractivity contribution in [2.45, 2.75) is 115 Å². The van der Waals surface area contributed by atoms with Crippen molar-refractivity contribution in [1.29, 1.82) is 0 Å². The lowest BCUT2D eigenvalue weighted by Gasteiger charge is -2.32. The number of sulfonamides is 1. The Morgan fingerprint density at radius 1 is 0.663 bits per heavy atom. The van der Waals surface area contributed by atoms with Gasteiger partial charge >= 0.3 is 25.0 Å². The number of carboxylic acids is 1. The van der Waals surface area contributed by atoms with Crippen LogP contribution >= 0.6 is 47.8 Å². The first-order valence-electron chi connectivity index (χ1n) is 31.2.